The fourth-order valence-electron chi connectivity index (χ4n) is 3.76. The maximum atomic E-state index is 12.2. The number of nitrogens with zero attached hydrogens (tertiary/aromatic N) is 4. The highest BCUT2D eigenvalue weighted by Crippen LogP contribution is 2.27. The number of nitriles is 1. The molecule has 1 aliphatic rings. The molecule has 1 aromatic carbocycles. The molecule has 1 aliphatic heterocycles. The minimum absolute atomic E-state index is 0.183. The Morgan fingerprint density at radius 3 is 2.90 bits per heavy atom. The van der Waals surface area contributed by atoms with Gasteiger partial charge in [-0.3, -0.25) is 9.36 Å². The number of nitrogens with two attached hydrogens (primary N) is 1. The minimum Gasteiger partial charge on any atom is -0.408 e. The number of hydrogen-bond donors (Lipinski definition) is 2. The number of amides is 1. The number of carbonyl (C=O) groups is 1. The number of aryl methyl sites for hydroxylation is 1. The zero-order chi connectivity index (χ0) is 22.0. The molecule has 1 unspecified atom stereocenters. The van der Waals surface area contributed by atoms with Crippen LogP contribution in [0.3, 0.4) is 0 Å². The number of hydrogen-bond acceptors (Lipinski definition) is 8. The molecular formula is C21H22N6O4. The summed E-state index contributed by atoms with van der Waals surface area (Å²) < 4.78 is 12.3. The van der Waals surface area contributed by atoms with Gasteiger partial charge in [0.05, 0.1) is 17.5 Å². The summed E-state index contributed by atoms with van der Waals surface area (Å²) in [6.07, 6.45) is 4.18. The Labute approximate surface area is 177 Å². The van der Waals surface area contributed by atoms with Crippen molar-refractivity contribution in [1.82, 2.24) is 19.9 Å². The zero-order valence-corrected chi connectivity index (χ0v) is 17.0. The van der Waals surface area contributed by atoms with Crippen LogP contribution in [0.2, 0.25) is 0 Å². The standard InChI is InChI=1S/C21H22N6O4/c1-27-16-8-14(3-4-17(16)31-20(27)29)18-25-10-13(11-26-18)7-15(9-22)21(19(23)28)12-24-5-2-6-30-21/h3-4,8,10-11,15,24H,2,5-7,12H2,1H3,(H2,23,28)/t15-,21?/m0/s1. The molecule has 3 N–H and O–H groups in total. The van der Waals surface area contributed by atoms with Gasteiger partial charge in [-0.2, -0.15) is 5.26 Å². The molecule has 0 bridgehead atoms. The van der Waals surface area contributed by atoms with Gasteiger partial charge >= 0.3 is 5.76 Å². The quantitative estimate of drug-likeness (QED) is 0.604. The van der Waals surface area contributed by atoms with Crippen molar-refractivity contribution in [2.75, 3.05) is 19.7 Å². The lowest BCUT2D eigenvalue weighted by molar-refractivity contribution is -0.147. The normalized spacial score (nSPS) is 20.1. The van der Waals surface area contributed by atoms with Crippen LogP contribution in [-0.4, -0.2) is 45.7 Å². The maximum absolute atomic E-state index is 12.2. The molecule has 2 atom stereocenters. The van der Waals surface area contributed by atoms with Crippen molar-refractivity contribution in [3.05, 3.63) is 46.7 Å². The lowest BCUT2D eigenvalue weighted by Gasteiger charge is -2.33. The van der Waals surface area contributed by atoms with E-state index in [-0.39, 0.29) is 13.0 Å². The molecular weight excluding hydrogens is 400 g/mol. The Morgan fingerprint density at radius 2 is 2.19 bits per heavy atom. The van der Waals surface area contributed by atoms with E-state index in [1.54, 1.807) is 37.6 Å². The number of ether oxygens (including phenoxy) is 1. The van der Waals surface area contributed by atoms with E-state index in [0.29, 0.717) is 35.6 Å². The van der Waals surface area contributed by atoms with Gasteiger partial charge in [0.25, 0.3) is 5.91 Å². The molecule has 3 heterocycles. The second kappa shape index (κ2) is 8.29. The molecule has 0 spiro atoms. The molecule has 10 heteroatoms. The van der Waals surface area contributed by atoms with Crippen LogP contribution in [0.15, 0.2) is 39.8 Å². The third-order valence-corrected chi connectivity index (χ3v) is 5.58. The lowest BCUT2D eigenvalue weighted by Crippen LogP contribution is -2.57. The Morgan fingerprint density at radius 1 is 1.42 bits per heavy atom. The Kier molecular flexibility index (Phi) is 5.54. The predicted octanol–water partition coefficient (Wildman–Crippen LogP) is 0.505. The topological polar surface area (TPSA) is 149 Å². The van der Waals surface area contributed by atoms with Crippen molar-refractivity contribution in [2.45, 2.75) is 18.4 Å². The van der Waals surface area contributed by atoms with Gasteiger partial charge in [0.1, 0.15) is 0 Å². The van der Waals surface area contributed by atoms with Crippen molar-refractivity contribution < 1.29 is 13.9 Å². The van der Waals surface area contributed by atoms with E-state index in [9.17, 15) is 14.9 Å². The van der Waals surface area contributed by atoms with Crippen molar-refractivity contribution in [2.24, 2.45) is 18.7 Å². The Balaban J connectivity index is 1.59. The Hall–Kier alpha value is -3.55. The van der Waals surface area contributed by atoms with Crippen LogP contribution in [0.5, 0.6) is 0 Å². The SMILES string of the molecule is Cn1c(=O)oc2ccc(-c3ncc(C[C@@H](C#N)C4(C(N)=O)CNCCCO4)cn3)cc21. The maximum Gasteiger partial charge on any atom is 0.419 e. The first-order valence-corrected chi connectivity index (χ1v) is 9.89. The van der Waals surface area contributed by atoms with Gasteiger partial charge in [0, 0.05) is 38.2 Å². The fraction of sp³-hybridized carbons (Fsp3) is 0.381. The van der Waals surface area contributed by atoms with Crippen molar-refractivity contribution in [1.29, 1.82) is 5.26 Å². The first-order chi connectivity index (χ1) is 14.9. The summed E-state index contributed by atoms with van der Waals surface area (Å²) in [6, 6.07) is 7.43. The molecule has 0 saturated carbocycles. The van der Waals surface area contributed by atoms with Crippen LogP contribution < -0.4 is 16.8 Å². The van der Waals surface area contributed by atoms with Gasteiger partial charge in [0.15, 0.2) is 17.0 Å². The monoisotopic (exact) mass is 422 g/mol. The molecule has 10 nitrogen and oxygen atoms in total. The molecule has 1 saturated heterocycles. The van der Waals surface area contributed by atoms with Gasteiger partial charge < -0.3 is 20.2 Å². The highest BCUT2D eigenvalue weighted by molar-refractivity contribution is 5.85. The van der Waals surface area contributed by atoms with Crippen LogP contribution in [0, 0.1) is 17.2 Å². The average molecular weight is 422 g/mol. The van der Waals surface area contributed by atoms with E-state index in [2.05, 4.69) is 21.4 Å². The molecule has 1 amide bonds. The number of oxazole rings is 1. The third kappa shape index (κ3) is 3.81. The number of primary amides is 1. The number of fused-ring (bicyclic) bond motifs is 1. The van der Waals surface area contributed by atoms with Crippen LogP contribution in [0.4, 0.5) is 0 Å². The minimum atomic E-state index is -1.40. The highest BCUT2D eigenvalue weighted by atomic mass is 16.5. The second-order valence-corrected chi connectivity index (χ2v) is 7.54. The van der Waals surface area contributed by atoms with E-state index >= 15 is 0 Å². The molecule has 31 heavy (non-hydrogen) atoms. The summed E-state index contributed by atoms with van der Waals surface area (Å²) in [6.45, 7) is 1.23. The molecule has 3 aromatic rings. The largest absolute Gasteiger partial charge is 0.419 e. The summed E-state index contributed by atoms with van der Waals surface area (Å²) in [5.74, 6) is -1.43. The van der Waals surface area contributed by atoms with E-state index in [0.717, 1.165) is 12.0 Å². The van der Waals surface area contributed by atoms with Crippen LogP contribution in [0.25, 0.3) is 22.5 Å². The van der Waals surface area contributed by atoms with E-state index in [4.69, 9.17) is 14.9 Å². The Bertz CT molecular complexity index is 1200. The van der Waals surface area contributed by atoms with Crippen LogP contribution in [0.1, 0.15) is 12.0 Å². The molecule has 160 valence electrons. The van der Waals surface area contributed by atoms with E-state index in [1.807, 2.05) is 0 Å². The first-order valence-electron chi connectivity index (χ1n) is 9.89. The van der Waals surface area contributed by atoms with Gasteiger partial charge in [-0.05, 0) is 43.1 Å². The van der Waals surface area contributed by atoms with Crippen molar-refractivity contribution in [3.8, 4) is 17.5 Å². The van der Waals surface area contributed by atoms with Gasteiger partial charge in [-0.15, -0.1) is 0 Å². The molecule has 4 rings (SSSR count). The van der Waals surface area contributed by atoms with Gasteiger partial charge in [0.2, 0.25) is 0 Å². The van der Waals surface area contributed by atoms with Crippen LogP contribution >= 0.6 is 0 Å². The molecule has 1 fully saturated rings. The van der Waals surface area contributed by atoms with Gasteiger partial charge in [-0.25, -0.2) is 14.8 Å². The first kappa shape index (κ1) is 20.7. The summed E-state index contributed by atoms with van der Waals surface area (Å²) in [5.41, 5.74) is 6.77. The van der Waals surface area contributed by atoms with Gasteiger partial charge in [-0.1, -0.05) is 0 Å². The predicted molar refractivity (Wildman–Crippen MR) is 111 cm³/mol. The number of carbonyl (C=O) groups excluding carboxylic acids is 1. The fourth-order valence-corrected chi connectivity index (χ4v) is 3.76. The van der Waals surface area contributed by atoms with Crippen LogP contribution in [-0.2, 0) is 23.0 Å². The zero-order valence-electron chi connectivity index (χ0n) is 17.0. The number of benzene rings is 1. The van der Waals surface area contributed by atoms with Crippen molar-refractivity contribution in [3.63, 3.8) is 0 Å². The number of nitrogens with one attached hydrogen (secondary N) is 1. The summed E-state index contributed by atoms with van der Waals surface area (Å²) in [7, 11) is 1.63. The summed E-state index contributed by atoms with van der Waals surface area (Å²) in [5, 5.41) is 12.9. The second-order valence-electron chi connectivity index (χ2n) is 7.54. The molecule has 0 aliphatic carbocycles. The van der Waals surface area contributed by atoms with E-state index in [1.165, 1.54) is 4.57 Å². The van der Waals surface area contributed by atoms with E-state index < -0.39 is 23.2 Å². The molecule has 2 aromatic heterocycles. The van der Waals surface area contributed by atoms with Crippen molar-refractivity contribution >= 4 is 17.0 Å². The number of aromatic nitrogens is 3. The third-order valence-electron chi connectivity index (χ3n) is 5.58. The smallest absolute Gasteiger partial charge is 0.408 e. The summed E-state index contributed by atoms with van der Waals surface area (Å²) >= 11 is 0. The number of rotatable bonds is 5. The summed E-state index contributed by atoms with van der Waals surface area (Å²) in [4.78, 5) is 32.7. The molecule has 0 radical (unpaired) electrons. The average Bonchev–Trinajstić information content (AvgIpc) is 2.95. The lowest BCUT2D eigenvalue weighted by atomic mass is 9.83. The highest BCUT2D eigenvalue weighted by Gasteiger charge is 2.46.